The maximum atomic E-state index is 11.7. The maximum absolute atomic E-state index is 11.7. The summed E-state index contributed by atoms with van der Waals surface area (Å²) in [6.45, 7) is 4.36. The predicted molar refractivity (Wildman–Crippen MR) is 101 cm³/mol. The van der Waals surface area contributed by atoms with Gasteiger partial charge in [0.15, 0.2) is 0 Å². The van der Waals surface area contributed by atoms with Crippen LogP contribution in [0.1, 0.15) is 89.2 Å². The van der Waals surface area contributed by atoms with E-state index in [1.54, 1.807) is 6.07 Å². The van der Waals surface area contributed by atoms with E-state index in [9.17, 15) is 13.0 Å². The quantitative estimate of drug-likeness (QED) is 0.351. The van der Waals surface area contributed by atoms with Crippen molar-refractivity contribution in [1.29, 1.82) is 0 Å². The average Bonchev–Trinajstić information content (AvgIpc) is 2.54. The van der Waals surface area contributed by atoms with Crippen molar-refractivity contribution in [3.8, 4) is 0 Å². The Hall–Kier alpha value is -0.870. The van der Waals surface area contributed by atoms with Gasteiger partial charge in [-0.15, -0.1) is 0 Å². The zero-order valence-electron chi connectivity index (χ0n) is 15.4. The number of unbranched alkanes of at least 4 members (excludes halogenated alkanes) is 8. The second kappa shape index (κ2) is 11.6. The number of benzene rings is 1. The number of hydrogen-bond donors (Lipinski definition) is 1. The van der Waals surface area contributed by atoms with E-state index < -0.39 is 10.1 Å². The molecule has 0 unspecified atom stereocenters. The highest BCUT2D eigenvalue weighted by molar-refractivity contribution is 7.85. The molecule has 0 fully saturated rings. The maximum Gasteiger partial charge on any atom is 0.294 e. The van der Waals surface area contributed by atoms with Crippen LogP contribution in [0.4, 0.5) is 0 Å². The first kappa shape index (κ1) is 21.2. The predicted octanol–water partition coefficient (Wildman–Crippen LogP) is 5.96. The van der Waals surface area contributed by atoms with Crippen LogP contribution >= 0.6 is 0 Å². The summed E-state index contributed by atoms with van der Waals surface area (Å²) in [6.07, 6.45) is 13.5. The van der Waals surface area contributed by atoms with E-state index in [0.29, 0.717) is 0 Å². The van der Waals surface area contributed by atoms with Gasteiger partial charge < -0.3 is 0 Å². The smallest absolute Gasteiger partial charge is 0.282 e. The Labute approximate surface area is 148 Å². The van der Waals surface area contributed by atoms with Crippen LogP contribution in [0.2, 0.25) is 0 Å². The minimum Gasteiger partial charge on any atom is -0.282 e. The number of rotatable bonds is 13. The third kappa shape index (κ3) is 7.80. The lowest BCUT2D eigenvalue weighted by atomic mass is 9.96. The molecule has 0 atom stereocenters. The Morgan fingerprint density at radius 2 is 1.33 bits per heavy atom. The molecule has 24 heavy (non-hydrogen) atoms. The SMILES string of the molecule is CCCCCCCCCc1cccc(S(=O)(=O)O)c1CCCCC. The summed E-state index contributed by atoms with van der Waals surface area (Å²) in [5.41, 5.74) is 1.93. The summed E-state index contributed by atoms with van der Waals surface area (Å²) in [5.74, 6) is 0. The number of aryl methyl sites for hydroxylation is 1. The summed E-state index contributed by atoms with van der Waals surface area (Å²) < 4.78 is 32.9. The fourth-order valence-electron chi connectivity index (χ4n) is 3.20. The summed E-state index contributed by atoms with van der Waals surface area (Å²) in [6, 6.07) is 5.31. The van der Waals surface area contributed by atoms with E-state index in [-0.39, 0.29) is 4.90 Å². The van der Waals surface area contributed by atoms with Gasteiger partial charge in [-0.2, -0.15) is 8.42 Å². The lowest BCUT2D eigenvalue weighted by Crippen LogP contribution is -2.07. The fourth-order valence-corrected chi connectivity index (χ4v) is 3.99. The Bertz CT molecular complexity index is 564. The van der Waals surface area contributed by atoms with Crippen LogP contribution in [-0.2, 0) is 23.0 Å². The van der Waals surface area contributed by atoms with Gasteiger partial charge >= 0.3 is 0 Å². The van der Waals surface area contributed by atoms with Crippen molar-refractivity contribution >= 4 is 10.1 Å². The number of hydrogen-bond acceptors (Lipinski definition) is 2. The third-order valence-corrected chi connectivity index (χ3v) is 5.53. The standard InChI is InChI=1S/C20H34O3S/c1-3-5-7-8-9-10-12-14-18-15-13-17-20(24(21,22)23)19(18)16-11-6-4-2/h13,15,17H,3-12,14,16H2,1-2H3,(H,21,22,23). The zero-order valence-corrected chi connectivity index (χ0v) is 16.2. The highest BCUT2D eigenvalue weighted by Crippen LogP contribution is 2.24. The lowest BCUT2D eigenvalue weighted by molar-refractivity contribution is 0.481. The molecular weight excluding hydrogens is 320 g/mol. The van der Waals surface area contributed by atoms with Gasteiger partial charge in [0.05, 0.1) is 4.90 Å². The zero-order chi connectivity index (χ0) is 17.8. The van der Waals surface area contributed by atoms with Gasteiger partial charge in [-0.3, -0.25) is 4.55 Å². The van der Waals surface area contributed by atoms with Crippen molar-refractivity contribution in [1.82, 2.24) is 0 Å². The molecule has 0 amide bonds. The second-order valence-corrected chi connectivity index (χ2v) is 8.09. The van der Waals surface area contributed by atoms with Crippen LogP contribution in [0.3, 0.4) is 0 Å². The molecule has 0 radical (unpaired) electrons. The van der Waals surface area contributed by atoms with Crippen molar-refractivity contribution in [2.24, 2.45) is 0 Å². The molecule has 0 spiro atoms. The lowest BCUT2D eigenvalue weighted by Gasteiger charge is -2.13. The molecule has 1 N–H and O–H groups in total. The first-order valence-electron chi connectivity index (χ1n) is 9.59. The largest absolute Gasteiger partial charge is 0.294 e. The van der Waals surface area contributed by atoms with Crippen LogP contribution < -0.4 is 0 Å². The Balaban J connectivity index is 2.67. The molecule has 0 heterocycles. The van der Waals surface area contributed by atoms with Crippen molar-refractivity contribution in [2.45, 2.75) is 95.8 Å². The molecule has 0 aliphatic heterocycles. The molecule has 0 aliphatic rings. The molecule has 0 bridgehead atoms. The Kier molecular flexibility index (Phi) is 10.3. The van der Waals surface area contributed by atoms with Crippen LogP contribution in [0, 0.1) is 0 Å². The molecule has 0 saturated heterocycles. The van der Waals surface area contributed by atoms with Gasteiger partial charge in [-0.05, 0) is 42.9 Å². The van der Waals surface area contributed by atoms with E-state index in [2.05, 4.69) is 13.8 Å². The van der Waals surface area contributed by atoms with E-state index >= 15 is 0 Å². The van der Waals surface area contributed by atoms with Gasteiger partial charge in [0, 0.05) is 0 Å². The van der Waals surface area contributed by atoms with Crippen molar-refractivity contribution in [2.75, 3.05) is 0 Å². The molecular formula is C20H34O3S. The Morgan fingerprint density at radius 1 is 0.792 bits per heavy atom. The monoisotopic (exact) mass is 354 g/mol. The Morgan fingerprint density at radius 3 is 1.96 bits per heavy atom. The van der Waals surface area contributed by atoms with Gasteiger partial charge in [-0.1, -0.05) is 77.3 Å². The highest BCUT2D eigenvalue weighted by atomic mass is 32.2. The van der Waals surface area contributed by atoms with Gasteiger partial charge in [-0.25, -0.2) is 0 Å². The van der Waals surface area contributed by atoms with E-state index in [1.807, 2.05) is 6.07 Å². The molecule has 1 aromatic rings. The fraction of sp³-hybridized carbons (Fsp3) is 0.700. The third-order valence-electron chi connectivity index (χ3n) is 4.59. The average molecular weight is 355 g/mol. The normalized spacial score (nSPS) is 11.8. The van der Waals surface area contributed by atoms with Crippen molar-refractivity contribution in [3.05, 3.63) is 29.3 Å². The van der Waals surface area contributed by atoms with E-state index in [4.69, 9.17) is 0 Å². The van der Waals surface area contributed by atoms with Gasteiger partial charge in [0.25, 0.3) is 10.1 Å². The molecule has 4 heteroatoms. The van der Waals surface area contributed by atoms with Gasteiger partial charge in [0.1, 0.15) is 0 Å². The van der Waals surface area contributed by atoms with Crippen molar-refractivity contribution < 1.29 is 13.0 Å². The van der Waals surface area contributed by atoms with Crippen LogP contribution in [0.15, 0.2) is 23.1 Å². The first-order valence-corrected chi connectivity index (χ1v) is 11.0. The molecule has 1 aromatic carbocycles. The topological polar surface area (TPSA) is 54.4 Å². The molecule has 138 valence electrons. The molecule has 0 saturated carbocycles. The van der Waals surface area contributed by atoms with Crippen molar-refractivity contribution in [3.63, 3.8) is 0 Å². The minimum absolute atomic E-state index is 0.110. The van der Waals surface area contributed by atoms with E-state index in [1.165, 1.54) is 44.6 Å². The minimum atomic E-state index is -4.14. The second-order valence-electron chi connectivity index (χ2n) is 6.70. The first-order chi connectivity index (χ1) is 11.5. The summed E-state index contributed by atoms with van der Waals surface area (Å²) in [4.78, 5) is 0.110. The summed E-state index contributed by atoms with van der Waals surface area (Å²) >= 11 is 0. The van der Waals surface area contributed by atoms with Crippen LogP contribution in [-0.4, -0.2) is 13.0 Å². The highest BCUT2D eigenvalue weighted by Gasteiger charge is 2.17. The van der Waals surface area contributed by atoms with Crippen LogP contribution in [0.5, 0.6) is 0 Å². The van der Waals surface area contributed by atoms with Gasteiger partial charge in [0.2, 0.25) is 0 Å². The summed E-state index contributed by atoms with van der Waals surface area (Å²) in [7, 11) is -4.14. The molecule has 1 rings (SSSR count). The van der Waals surface area contributed by atoms with E-state index in [0.717, 1.165) is 49.7 Å². The van der Waals surface area contributed by atoms with Crippen LogP contribution in [0.25, 0.3) is 0 Å². The molecule has 3 nitrogen and oxygen atoms in total. The molecule has 0 aliphatic carbocycles. The summed E-state index contributed by atoms with van der Waals surface area (Å²) in [5, 5.41) is 0. The molecule has 0 aromatic heterocycles.